The van der Waals surface area contributed by atoms with Crippen molar-refractivity contribution in [3.63, 3.8) is 0 Å². The van der Waals surface area contributed by atoms with Gasteiger partial charge in [-0.25, -0.2) is 0 Å². The van der Waals surface area contributed by atoms with E-state index in [0.717, 1.165) is 19.1 Å². The van der Waals surface area contributed by atoms with Crippen LogP contribution in [0.1, 0.15) is 29.9 Å². The molecular weight excluding hydrogens is 262 g/mol. The van der Waals surface area contributed by atoms with Gasteiger partial charge in [-0.05, 0) is 43.0 Å². The number of carbonyl (C=O) groups is 1. The lowest BCUT2D eigenvalue weighted by molar-refractivity contribution is -0.116. The molecule has 1 aromatic rings. The number of Topliss-reactive ketones (excluding diaryl/α,β-unsaturated/α-hetero) is 1. The van der Waals surface area contributed by atoms with E-state index in [0.29, 0.717) is 18.1 Å². The molecule has 0 spiro atoms. The predicted molar refractivity (Wildman–Crippen MR) is 88.2 cm³/mol. The van der Waals surface area contributed by atoms with Crippen LogP contribution in [0, 0.1) is 0 Å². The third kappa shape index (κ3) is 4.87. The second-order valence-corrected chi connectivity index (χ2v) is 12.7. The maximum absolute atomic E-state index is 12.0. The van der Waals surface area contributed by atoms with Crippen LogP contribution in [-0.2, 0) is 11.2 Å². The summed E-state index contributed by atoms with van der Waals surface area (Å²) in [7, 11) is -1.27. The Bertz CT molecular complexity index is 441. The average Bonchev–Trinajstić information content (AvgIpc) is 2.38. The van der Waals surface area contributed by atoms with E-state index in [2.05, 4.69) is 49.2 Å². The molecule has 2 nitrogen and oxygen atoms in total. The van der Waals surface area contributed by atoms with E-state index in [1.54, 1.807) is 0 Å². The Hall–Kier alpha value is -0.933. The third-order valence-corrected chi connectivity index (χ3v) is 5.37. The first kappa shape index (κ1) is 15.5. The fraction of sp³-hybridized carbons (Fsp3) is 0.588. The third-order valence-electron chi connectivity index (χ3n) is 3.92. The second-order valence-electron chi connectivity index (χ2n) is 7.22. The SMILES string of the molecule is C[Si](C)(C)CC(=O)Cc1ccc(C2CCNCC2)cc1. The molecule has 0 unspecified atom stereocenters. The molecule has 0 radical (unpaired) electrons. The van der Waals surface area contributed by atoms with Crippen molar-refractivity contribution in [1.29, 1.82) is 0 Å². The van der Waals surface area contributed by atoms with Crippen molar-refractivity contribution in [2.75, 3.05) is 13.1 Å². The molecule has 1 aliphatic rings. The van der Waals surface area contributed by atoms with Gasteiger partial charge in [0, 0.05) is 12.5 Å². The number of hydrogen-bond acceptors (Lipinski definition) is 2. The Morgan fingerprint density at radius 1 is 1.15 bits per heavy atom. The lowest BCUT2D eigenvalue weighted by Crippen LogP contribution is -2.26. The Morgan fingerprint density at radius 2 is 1.75 bits per heavy atom. The number of nitrogens with one attached hydrogen (secondary N) is 1. The Balaban J connectivity index is 1.92. The summed E-state index contributed by atoms with van der Waals surface area (Å²) in [6.07, 6.45) is 3.07. The molecule has 20 heavy (non-hydrogen) atoms. The molecule has 1 aliphatic heterocycles. The number of hydrogen-bond donors (Lipinski definition) is 1. The summed E-state index contributed by atoms with van der Waals surface area (Å²) in [4.78, 5) is 12.0. The molecule has 0 aliphatic carbocycles. The first-order valence-electron chi connectivity index (χ1n) is 7.75. The van der Waals surface area contributed by atoms with Crippen molar-refractivity contribution < 1.29 is 4.79 Å². The molecule has 0 saturated carbocycles. The van der Waals surface area contributed by atoms with E-state index in [-0.39, 0.29) is 0 Å². The van der Waals surface area contributed by atoms with E-state index in [4.69, 9.17) is 0 Å². The number of benzene rings is 1. The van der Waals surface area contributed by atoms with E-state index >= 15 is 0 Å². The van der Waals surface area contributed by atoms with Crippen LogP contribution in [-0.4, -0.2) is 26.9 Å². The van der Waals surface area contributed by atoms with Gasteiger partial charge in [-0.2, -0.15) is 0 Å². The average molecular weight is 289 g/mol. The standard InChI is InChI=1S/C17H27NOSi/c1-20(2,3)13-17(19)12-14-4-6-15(7-5-14)16-8-10-18-11-9-16/h4-7,16,18H,8-13H2,1-3H3. The van der Waals surface area contributed by atoms with Crippen LogP contribution in [0.2, 0.25) is 25.7 Å². The highest BCUT2D eigenvalue weighted by atomic mass is 28.3. The zero-order chi connectivity index (χ0) is 14.6. The molecule has 1 aromatic carbocycles. The lowest BCUT2D eigenvalue weighted by atomic mass is 9.89. The summed E-state index contributed by atoms with van der Waals surface area (Å²) in [5.41, 5.74) is 2.61. The van der Waals surface area contributed by atoms with Crippen LogP contribution in [0.5, 0.6) is 0 Å². The number of carbonyl (C=O) groups excluding carboxylic acids is 1. The van der Waals surface area contributed by atoms with Crippen molar-refractivity contribution in [2.24, 2.45) is 0 Å². The summed E-state index contributed by atoms with van der Waals surface area (Å²) >= 11 is 0. The highest BCUT2D eigenvalue weighted by molar-refractivity contribution is 6.78. The summed E-state index contributed by atoms with van der Waals surface area (Å²) in [5, 5.41) is 3.40. The predicted octanol–water partition coefficient (Wildman–Crippen LogP) is 3.60. The fourth-order valence-electron chi connectivity index (χ4n) is 2.94. The van der Waals surface area contributed by atoms with Gasteiger partial charge in [-0.1, -0.05) is 43.9 Å². The van der Waals surface area contributed by atoms with E-state index < -0.39 is 8.07 Å². The first-order valence-corrected chi connectivity index (χ1v) is 11.5. The quantitative estimate of drug-likeness (QED) is 0.839. The van der Waals surface area contributed by atoms with Crippen LogP contribution in [0.15, 0.2) is 24.3 Å². The van der Waals surface area contributed by atoms with Gasteiger partial charge < -0.3 is 5.32 Å². The molecule has 1 N–H and O–H groups in total. The molecular formula is C17H27NOSi. The Morgan fingerprint density at radius 3 is 2.30 bits per heavy atom. The van der Waals surface area contributed by atoms with Gasteiger partial charge in [0.15, 0.2) is 0 Å². The van der Waals surface area contributed by atoms with Gasteiger partial charge in [0.25, 0.3) is 0 Å². The minimum Gasteiger partial charge on any atom is -0.317 e. The van der Waals surface area contributed by atoms with Crippen LogP contribution in [0.25, 0.3) is 0 Å². The molecule has 2 rings (SSSR count). The molecule has 0 atom stereocenters. The van der Waals surface area contributed by atoms with Crippen LogP contribution in [0.4, 0.5) is 0 Å². The topological polar surface area (TPSA) is 29.1 Å². The van der Waals surface area contributed by atoms with Crippen LogP contribution < -0.4 is 5.32 Å². The minimum absolute atomic E-state index is 0.402. The number of rotatable bonds is 5. The van der Waals surface area contributed by atoms with Crippen LogP contribution >= 0.6 is 0 Å². The summed E-state index contributed by atoms with van der Waals surface area (Å²) in [6, 6.07) is 9.56. The van der Waals surface area contributed by atoms with Crippen molar-refractivity contribution in [3.05, 3.63) is 35.4 Å². The smallest absolute Gasteiger partial charge is 0.134 e. The normalized spacial score (nSPS) is 17.1. The fourth-order valence-corrected chi connectivity index (χ4v) is 4.25. The molecule has 1 saturated heterocycles. The molecule has 3 heteroatoms. The van der Waals surface area contributed by atoms with Gasteiger partial charge >= 0.3 is 0 Å². The monoisotopic (exact) mass is 289 g/mol. The van der Waals surface area contributed by atoms with Gasteiger partial charge in [0.1, 0.15) is 5.78 Å². The van der Waals surface area contributed by atoms with Gasteiger partial charge in [-0.3, -0.25) is 4.79 Å². The maximum Gasteiger partial charge on any atom is 0.134 e. The van der Waals surface area contributed by atoms with Crippen molar-refractivity contribution in [3.8, 4) is 0 Å². The number of ketones is 1. The van der Waals surface area contributed by atoms with E-state index in [9.17, 15) is 4.79 Å². The molecule has 110 valence electrons. The van der Waals surface area contributed by atoms with Gasteiger partial charge in [0.2, 0.25) is 0 Å². The van der Waals surface area contributed by atoms with Crippen molar-refractivity contribution in [2.45, 2.75) is 50.9 Å². The highest BCUT2D eigenvalue weighted by Gasteiger charge is 2.19. The summed E-state index contributed by atoms with van der Waals surface area (Å²) in [6.45, 7) is 9.02. The number of piperidine rings is 1. The molecule has 0 aromatic heterocycles. The second kappa shape index (κ2) is 6.68. The lowest BCUT2D eigenvalue weighted by Gasteiger charge is -2.23. The maximum atomic E-state index is 12.0. The zero-order valence-corrected chi connectivity index (χ0v) is 14.0. The minimum atomic E-state index is -1.27. The van der Waals surface area contributed by atoms with Crippen LogP contribution in [0.3, 0.4) is 0 Å². The highest BCUT2D eigenvalue weighted by Crippen LogP contribution is 2.25. The van der Waals surface area contributed by atoms with Gasteiger partial charge in [0.05, 0.1) is 8.07 Å². The van der Waals surface area contributed by atoms with Crippen molar-refractivity contribution >= 4 is 13.9 Å². The largest absolute Gasteiger partial charge is 0.317 e. The zero-order valence-electron chi connectivity index (χ0n) is 13.0. The van der Waals surface area contributed by atoms with E-state index in [1.807, 2.05) is 0 Å². The first-order chi connectivity index (χ1) is 9.44. The van der Waals surface area contributed by atoms with E-state index in [1.165, 1.54) is 24.0 Å². The molecule has 0 amide bonds. The van der Waals surface area contributed by atoms with Gasteiger partial charge in [-0.15, -0.1) is 0 Å². The van der Waals surface area contributed by atoms with Crippen molar-refractivity contribution in [1.82, 2.24) is 5.32 Å². The molecule has 0 bridgehead atoms. The molecule has 1 fully saturated rings. The summed E-state index contributed by atoms with van der Waals surface area (Å²) in [5.74, 6) is 1.10. The molecule has 1 heterocycles. The Labute approximate surface area is 124 Å². The summed E-state index contributed by atoms with van der Waals surface area (Å²) < 4.78 is 0. The Kier molecular flexibility index (Phi) is 5.16.